The molecular weight excluding hydrogens is 385 g/mol. The van der Waals surface area contributed by atoms with Crippen LogP contribution in [0.25, 0.3) is 5.52 Å². The third kappa shape index (κ3) is 3.59. The van der Waals surface area contributed by atoms with Gasteiger partial charge in [-0.25, -0.2) is 9.37 Å². The predicted molar refractivity (Wildman–Crippen MR) is 109 cm³/mol. The van der Waals surface area contributed by atoms with Crippen LogP contribution in [0.3, 0.4) is 0 Å². The highest BCUT2D eigenvalue weighted by atomic mass is 19.1. The lowest BCUT2D eigenvalue weighted by molar-refractivity contribution is 0.101. The van der Waals surface area contributed by atoms with Gasteiger partial charge in [0.15, 0.2) is 5.69 Å². The Morgan fingerprint density at radius 3 is 2.43 bits per heavy atom. The number of para-hydroxylation sites is 1. The van der Waals surface area contributed by atoms with Gasteiger partial charge in [0, 0.05) is 11.9 Å². The molecule has 30 heavy (non-hydrogen) atoms. The molecule has 8 heteroatoms. The van der Waals surface area contributed by atoms with Crippen molar-refractivity contribution in [2.75, 3.05) is 10.6 Å². The van der Waals surface area contributed by atoms with Crippen molar-refractivity contribution in [3.63, 3.8) is 0 Å². The maximum Gasteiger partial charge on any atom is 0.292 e. The zero-order chi connectivity index (χ0) is 21.1. The maximum atomic E-state index is 13.1. The summed E-state index contributed by atoms with van der Waals surface area (Å²) in [5, 5.41) is 14.5. The number of carbonyl (C=O) groups is 2. The molecule has 0 aliphatic heterocycles. The molecule has 0 saturated heterocycles. The second-order valence-corrected chi connectivity index (χ2v) is 6.31. The lowest BCUT2D eigenvalue weighted by Gasteiger charge is -2.05. The Morgan fingerprint density at radius 1 is 0.933 bits per heavy atom. The molecule has 2 aromatic carbocycles. The summed E-state index contributed by atoms with van der Waals surface area (Å²) in [7, 11) is 0. The lowest BCUT2D eigenvalue weighted by atomic mass is 10.2. The third-order valence-electron chi connectivity index (χ3n) is 4.36. The number of anilines is 2. The van der Waals surface area contributed by atoms with Crippen LogP contribution in [-0.4, -0.2) is 21.2 Å². The molecule has 146 valence electrons. The van der Waals surface area contributed by atoms with Gasteiger partial charge < -0.3 is 10.6 Å². The van der Waals surface area contributed by atoms with Crippen LogP contribution >= 0.6 is 0 Å². The Bertz CT molecular complexity index is 1310. The summed E-state index contributed by atoms with van der Waals surface area (Å²) in [5.41, 5.74) is 1.51. The normalized spacial score (nSPS) is 10.4. The van der Waals surface area contributed by atoms with Gasteiger partial charge in [-0.3, -0.25) is 14.0 Å². The van der Waals surface area contributed by atoms with Gasteiger partial charge in [-0.1, -0.05) is 18.2 Å². The molecule has 2 amide bonds. The molecule has 2 aromatic heterocycles. The van der Waals surface area contributed by atoms with Crippen LogP contribution in [0.5, 0.6) is 0 Å². The Balaban J connectivity index is 1.68. The van der Waals surface area contributed by atoms with E-state index in [0.29, 0.717) is 22.5 Å². The molecule has 0 fully saturated rings. The number of hydrogen-bond donors (Lipinski definition) is 2. The minimum absolute atomic E-state index is 0.0115. The van der Waals surface area contributed by atoms with Crippen LogP contribution in [0.15, 0.2) is 72.9 Å². The average molecular weight is 399 g/mol. The van der Waals surface area contributed by atoms with Gasteiger partial charge in [-0.05, 0) is 48.5 Å². The molecule has 7 nitrogen and oxygen atoms in total. The number of hydrogen-bond acceptors (Lipinski definition) is 4. The molecule has 0 atom stereocenters. The van der Waals surface area contributed by atoms with Crippen molar-refractivity contribution in [3.05, 3.63) is 95.8 Å². The molecule has 4 aromatic rings. The first kappa shape index (κ1) is 18.8. The summed E-state index contributed by atoms with van der Waals surface area (Å²) in [6, 6.07) is 19.0. The number of carbonyl (C=O) groups excluding carboxylic acids is 2. The molecule has 0 saturated carbocycles. The summed E-state index contributed by atoms with van der Waals surface area (Å²) in [6.07, 6.45) is 1.61. The van der Waals surface area contributed by atoms with E-state index in [4.69, 9.17) is 0 Å². The van der Waals surface area contributed by atoms with Crippen LogP contribution in [-0.2, 0) is 0 Å². The fourth-order valence-electron chi connectivity index (χ4n) is 2.96. The van der Waals surface area contributed by atoms with E-state index in [9.17, 15) is 19.2 Å². The van der Waals surface area contributed by atoms with Gasteiger partial charge in [-0.2, -0.15) is 5.26 Å². The number of imidazole rings is 1. The second-order valence-electron chi connectivity index (χ2n) is 6.31. The van der Waals surface area contributed by atoms with Gasteiger partial charge in [0.1, 0.15) is 11.9 Å². The van der Waals surface area contributed by atoms with E-state index < -0.39 is 17.6 Å². The minimum Gasteiger partial charge on any atom is -0.321 e. The maximum absolute atomic E-state index is 13.1. The van der Waals surface area contributed by atoms with Crippen molar-refractivity contribution in [3.8, 4) is 6.07 Å². The fraction of sp³-hybridized carbons (Fsp3) is 0. The van der Waals surface area contributed by atoms with E-state index in [-0.39, 0.29) is 11.5 Å². The molecule has 0 unspecified atom stereocenters. The first-order valence-electron chi connectivity index (χ1n) is 8.91. The first-order valence-corrected chi connectivity index (χ1v) is 8.91. The van der Waals surface area contributed by atoms with Crippen molar-refractivity contribution in [2.24, 2.45) is 0 Å². The molecule has 0 aliphatic carbocycles. The Labute approximate surface area is 170 Å². The first-order chi connectivity index (χ1) is 14.6. The van der Waals surface area contributed by atoms with Gasteiger partial charge in [0.25, 0.3) is 11.8 Å². The van der Waals surface area contributed by atoms with Crippen LogP contribution in [0.2, 0.25) is 0 Å². The predicted octanol–water partition coefficient (Wildman–Crippen LogP) is 3.85. The smallest absolute Gasteiger partial charge is 0.292 e. The lowest BCUT2D eigenvalue weighted by Crippen LogP contribution is -2.17. The molecular formula is C22H14FN5O2. The minimum atomic E-state index is -0.570. The van der Waals surface area contributed by atoms with Crippen molar-refractivity contribution >= 4 is 28.7 Å². The van der Waals surface area contributed by atoms with Crippen LogP contribution in [0.4, 0.5) is 15.8 Å². The van der Waals surface area contributed by atoms with Crippen molar-refractivity contribution < 1.29 is 14.0 Å². The number of nitrogens with zero attached hydrogens (tertiary/aromatic N) is 3. The molecule has 0 radical (unpaired) electrons. The average Bonchev–Trinajstić information content (AvgIpc) is 3.16. The number of rotatable bonds is 4. The van der Waals surface area contributed by atoms with Crippen molar-refractivity contribution in [1.82, 2.24) is 9.38 Å². The molecule has 4 rings (SSSR count). The summed E-state index contributed by atoms with van der Waals surface area (Å²) in [6.45, 7) is 0. The SMILES string of the molecule is N#Cc1ccccc1NC(=O)c1nc(C(=O)Nc2ccc(F)cc2)c2ccccn12. The highest BCUT2D eigenvalue weighted by Gasteiger charge is 2.22. The Morgan fingerprint density at radius 2 is 1.67 bits per heavy atom. The monoisotopic (exact) mass is 399 g/mol. The van der Waals surface area contributed by atoms with Crippen LogP contribution in [0, 0.1) is 17.1 Å². The molecule has 2 heterocycles. The number of benzene rings is 2. The van der Waals surface area contributed by atoms with E-state index in [1.165, 1.54) is 28.7 Å². The number of amides is 2. The summed E-state index contributed by atoms with van der Waals surface area (Å²) < 4.78 is 14.6. The van der Waals surface area contributed by atoms with E-state index in [1.807, 2.05) is 6.07 Å². The highest BCUT2D eigenvalue weighted by Crippen LogP contribution is 2.19. The van der Waals surface area contributed by atoms with E-state index in [1.54, 1.807) is 48.7 Å². The molecule has 2 N–H and O–H groups in total. The fourth-order valence-corrected chi connectivity index (χ4v) is 2.96. The summed E-state index contributed by atoms with van der Waals surface area (Å²) >= 11 is 0. The zero-order valence-electron chi connectivity index (χ0n) is 15.5. The molecule has 0 bridgehead atoms. The van der Waals surface area contributed by atoms with Crippen LogP contribution < -0.4 is 10.6 Å². The highest BCUT2D eigenvalue weighted by molar-refractivity contribution is 6.10. The summed E-state index contributed by atoms with van der Waals surface area (Å²) in [5.74, 6) is -1.54. The number of halogens is 1. The van der Waals surface area contributed by atoms with E-state index in [2.05, 4.69) is 15.6 Å². The van der Waals surface area contributed by atoms with Gasteiger partial charge in [-0.15, -0.1) is 0 Å². The Kier molecular flexibility index (Phi) is 4.93. The zero-order valence-corrected chi connectivity index (χ0v) is 15.5. The third-order valence-corrected chi connectivity index (χ3v) is 4.36. The number of nitrogens with one attached hydrogen (secondary N) is 2. The van der Waals surface area contributed by atoms with Crippen LogP contribution in [0.1, 0.15) is 26.7 Å². The Hall–Kier alpha value is -4.51. The quantitative estimate of drug-likeness (QED) is 0.544. The summed E-state index contributed by atoms with van der Waals surface area (Å²) in [4.78, 5) is 29.8. The van der Waals surface area contributed by atoms with Gasteiger partial charge in [0.2, 0.25) is 5.82 Å². The van der Waals surface area contributed by atoms with Crippen molar-refractivity contribution in [1.29, 1.82) is 5.26 Å². The number of fused-ring (bicyclic) bond motifs is 1. The van der Waals surface area contributed by atoms with Gasteiger partial charge in [0.05, 0.1) is 16.8 Å². The topological polar surface area (TPSA) is 99.3 Å². The van der Waals surface area contributed by atoms with E-state index in [0.717, 1.165) is 0 Å². The molecule has 0 spiro atoms. The van der Waals surface area contributed by atoms with E-state index >= 15 is 0 Å². The standard InChI is InChI=1S/C22H14FN5O2/c23-15-8-10-16(11-9-15)25-21(29)19-18-7-3-4-12-28(18)20(27-19)22(30)26-17-6-2-1-5-14(17)13-24/h1-12H,(H,25,29)(H,26,30). The largest absolute Gasteiger partial charge is 0.321 e. The van der Waals surface area contributed by atoms with Crippen molar-refractivity contribution in [2.45, 2.75) is 0 Å². The second kappa shape index (κ2) is 7.85. The number of pyridine rings is 1. The number of aromatic nitrogens is 2. The molecule has 0 aliphatic rings. The number of nitriles is 1. The van der Waals surface area contributed by atoms with Gasteiger partial charge >= 0.3 is 0 Å².